The Bertz CT molecular complexity index is 550. The number of thiophene rings is 1. The van der Waals surface area contributed by atoms with Crippen molar-refractivity contribution in [3.05, 3.63) is 17.0 Å². The summed E-state index contributed by atoms with van der Waals surface area (Å²) in [4.78, 5) is 11.6. The predicted octanol–water partition coefficient (Wildman–Crippen LogP) is 2.61. The van der Waals surface area contributed by atoms with Crippen LogP contribution in [0.5, 0.6) is 0 Å². The summed E-state index contributed by atoms with van der Waals surface area (Å²) < 4.78 is 27.1. The maximum absolute atomic E-state index is 12.1. The van der Waals surface area contributed by atoms with Crippen LogP contribution in [-0.4, -0.2) is 25.5 Å². The zero-order valence-electron chi connectivity index (χ0n) is 11.9. The van der Waals surface area contributed by atoms with Gasteiger partial charge in [0.15, 0.2) is 0 Å². The Balaban J connectivity index is 2.46. The van der Waals surface area contributed by atoms with Crippen LogP contribution in [0.1, 0.15) is 38.0 Å². The van der Waals surface area contributed by atoms with Crippen molar-refractivity contribution in [2.24, 2.45) is 5.92 Å². The van der Waals surface area contributed by atoms with Crippen LogP contribution in [0.2, 0.25) is 0 Å². The smallest absolute Gasteiger partial charge is 0.306 e. The monoisotopic (exact) mass is 319 g/mol. The summed E-state index contributed by atoms with van der Waals surface area (Å²) in [5.74, 6) is -1.20. The molecular weight excluding hydrogens is 298 g/mol. The highest BCUT2D eigenvalue weighted by atomic mass is 32.2. The first-order chi connectivity index (χ1) is 9.22. The highest BCUT2D eigenvalue weighted by molar-refractivity contribution is 7.91. The van der Waals surface area contributed by atoms with Crippen molar-refractivity contribution < 1.29 is 18.3 Å². The molecular formula is C13H21NO4S2. The lowest BCUT2D eigenvalue weighted by Gasteiger charge is -2.14. The molecule has 0 aliphatic rings. The number of hydrogen-bond donors (Lipinski definition) is 2. The fourth-order valence-corrected chi connectivity index (χ4v) is 4.37. The molecule has 1 rings (SSSR count). The van der Waals surface area contributed by atoms with E-state index in [9.17, 15) is 13.2 Å². The van der Waals surface area contributed by atoms with Gasteiger partial charge in [-0.2, -0.15) is 0 Å². The third kappa shape index (κ3) is 5.22. The van der Waals surface area contributed by atoms with E-state index in [0.717, 1.165) is 4.88 Å². The zero-order valence-corrected chi connectivity index (χ0v) is 13.6. The number of aliphatic carboxylic acids is 1. The molecule has 0 saturated carbocycles. The van der Waals surface area contributed by atoms with Crippen LogP contribution in [0.25, 0.3) is 0 Å². The van der Waals surface area contributed by atoms with Crippen molar-refractivity contribution in [3.8, 4) is 0 Å². The average molecular weight is 319 g/mol. The van der Waals surface area contributed by atoms with E-state index in [2.05, 4.69) is 4.72 Å². The largest absolute Gasteiger partial charge is 0.481 e. The van der Waals surface area contributed by atoms with Gasteiger partial charge < -0.3 is 5.11 Å². The Hall–Kier alpha value is -0.920. The van der Waals surface area contributed by atoms with Gasteiger partial charge in [0.1, 0.15) is 4.21 Å². The molecule has 0 aliphatic carbocycles. The molecule has 7 heteroatoms. The molecule has 1 aromatic heterocycles. The minimum Gasteiger partial charge on any atom is -0.481 e. The normalized spacial score (nSPS) is 14.9. The quantitative estimate of drug-likeness (QED) is 0.771. The zero-order chi connectivity index (χ0) is 15.3. The lowest BCUT2D eigenvalue weighted by molar-refractivity contribution is -0.141. The van der Waals surface area contributed by atoms with Gasteiger partial charge in [-0.1, -0.05) is 13.3 Å². The molecule has 1 aromatic rings. The van der Waals surface area contributed by atoms with Gasteiger partial charge in [-0.25, -0.2) is 13.1 Å². The maximum Gasteiger partial charge on any atom is 0.306 e. The Morgan fingerprint density at radius 2 is 2.00 bits per heavy atom. The molecule has 2 N–H and O–H groups in total. The van der Waals surface area contributed by atoms with E-state index in [1.807, 2.05) is 6.92 Å². The molecule has 5 nitrogen and oxygen atoms in total. The molecule has 0 radical (unpaired) electrons. The van der Waals surface area contributed by atoms with Crippen molar-refractivity contribution in [2.45, 2.75) is 50.3 Å². The number of sulfonamides is 1. The van der Waals surface area contributed by atoms with Gasteiger partial charge in [-0.3, -0.25) is 4.79 Å². The molecule has 0 spiro atoms. The molecule has 0 saturated heterocycles. The van der Waals surface area contributed by atoms with E-state index in [-0.39, 0.29) is 6.04 Å². The molecule has 2 unspecified atom stereocenters. The first kappa shape index (κ1) is 17.1. The van der Waals surface area contributed by atoms with Gasteiger partial charge in [0.25, 0.3) is 0 Å². The predicted molar refractivity (Wildman–Crippen MR) is 79.5 cm³/mol. The van der Waals surface area contributed by atoms with Crippen LogP contribution in [0, 0.1) is 12.8 Å². The lowest BCUT2D eigenvalue weighted by atomic mass is 10.0. The van der Waals surface area contributed by atoms with Gasteiger partial charge in [0.2, 0.25) is 10.0 Å². The van der Waals surface area contributed by atoms with Gasteiger partial charge in [-0.05, 0) is 38.8 Å². The van der Waals surface area contributed by atoms with E-state index in [4.69, 9.17) is 5.11 Å². The van der Waals surface area contributed by atoms with Crippen LogP contribution in [0.3, 0.4) is 0 Å². The Morgan fingerprint density at radius 1 is 1.35 bits per heavy atom. The van der Waals surface area contributed by atoms with Crippen molar-refractivity contribution in [2.75, 3.05) is 0 Å². The van der Waals surface area contributed by atoms with Crippen LogP contribution < -0.4 is 4.72 Å². The Kier molecular flexibility index (Phi) is 6.16. The van der Waals surface area contributed by atoms with E-state index in [0.29, 0.717) is 23.5 Å². The molecule has 0 amide bonds. The number of hydrogen-bond acceptors (Lipinski definition) is 4. The van der Waals surface area contributed by atoms with E-state index < -0.39 is 21.9 Å². The number of aryl methyl sites for hydroxylation is 1. The van der Waals surface area contributed by atoms with Crippen LogP contribution in [-0.2, 0) is 14.8 Å². The Morgan fingerprint density at radius 3 is 2.50 bits per heavy atom. The number of rotatable bonds is 8. The summed E-state index contributed by atoms with van der Waals surface area (Å²) in [6.07, 6.45) is 1.86. The van der Waals surface area contributed by atoms with Crippen LogP contribution in [0.15, 0.2) is 16.3 Å². The molecule has 0 fully saturated rings. The third-order valence-electron chi connectivity index (χ3n) is 3.03. The standard InChI is InChI=1S/C13H21NO4S2/c1-9(13(15)16)5-4-6-10(2)14-20(17,18)12-8-7-11(3)19-12/h7-10,14H,4-6H2,1-3H3,(H,15,16). The van der Waals surface area contributed by atoms with Crippen LogP contribution in [0.4, 0.5) is 0 Å². The fourth-order valence-electron chi connectivity index (χ4n) is 1.79. The average Bonchev–Trinajstić information content (AvgIpc) is 2.75. The van der Waals surface area contributed by atoms with Gasteiger partial charge in [0, 0.05) is 10.9 Å². The summed E-state index contributed by atoms with van der Waals surface area (Å²) >= 11 is 1.24. The molecule has 0 aromatic carbocycles. The maximum atomic E-state index is 12.1. The van der Waals surface area contributed by atoms with Gasteiger partial charge in [0.05, 0.1) is 5.92 Å². The summed E-state index contributed by atoms with van der Waals surface area (Å²) in [5, 5.41) is 8.77. The van der Waals surface area contributed by atoms with E-state index >= 15 is 0 Å². The third-order valence-corrected chi connectivity index (χ3v) is 6.11. The van der Waals surface area contributed by atoms with Crippen molar-refractivity contribution >= 4 is 27.3 Å². The molecule has 0 bridgehead atoms. The number of nitrogens with one attached hydrogen (secondary N) is 1. The second kappa shape index (κ2) is 7.19. The lowest BCUT2D eigenvalue weighted by Crippen LogP contribution is -2.32. The number of carboxylic acids is 1. The molecule has 0 aliphatic heterocycles. The summed E-state index contributed by atoms with van der Waals surface area (Å²) in [5.41, 5.74) is 0. The SMILES string of the molecule is Cc1ccc(S(=O)(=O)NC(C)CCCC(C)C(=O)O)s1. The summed E-state index contributed by atoms with van der Waals surface area (Å²) in [6, 6.07) is 3.17. The second-order valence-electron chi connectivity index (χ2n) is 5.06. The highest BCUT2D eigenvalue weighted by Gasteiger charge is 2.19. The summed E-state index contributed by atoms with van der Waals surface area (Å²) in [7, 11) is -3.45. The van der Waals surface area contributed by atoms with Gasteiger partial charge >= 0.3 is 5.97 Å². The van der Waals surface area contributed by atoms with Crippen molar-refractivity contribution in [3.63, 3.8) is 0 Å². The molecule has 20 heavy (non-hydrogen) atoms. The Labute approximate surface area is 124 Å². The fraction of sp³-hybridized carbons (Fsp3) is 0.615. The highest BCUT2D eigenvalue weighted by Crippen LogP contribution is 2.21. The number of carboxylic acid groups (broad SMARTS) is 1. The van der Waals surface area contributed by atoms with E-state index in [1.54, 1.807) is 26.0 Å². The minimum absolute atomic E-state index is 0.205. The second-order valence-corrected chi connectivity index (χ2v) is 8.29. The van der Waals surface area contributed by atoms with E-state index in [1.165, 1.54) is 11.3 Å². The topological polar surface area (TPSA) is 83.5 Å². The summed E-state index contributed by atoms with van der Waals surface area (Å²) in [6.45, 7) is 5.31. The first-order valence-corrected chi connectivity index (χ1v) is 8.84. The van der Waals surface area contributed by atoms with Crippen molar-refractivity contribution in [1.29, 1.82) is 0 Å². The van der Waals surface area contributed by atoms with Gasteiger partial charge in [-0.15, -0.1) is 11.3 Å². The molecule has 1 heterocycles. The van der Waals surface area contributed by atoms with Crippen LogP contribution >= 0.6 is 11.3 Å². The minimum atomic E-state index is -3.45. The first-order valence-electron chi connectivity index (χ1n) is 6.54. The van der Waals surface area contributed by atoms with Crippen molar-refractivity contribution in [1.82, 2.24) is 4.72 Å². The number of carbonyl (C=O) groups is 1. The molecule has 114 valence electrons. The molecule has 2 atom stereocenters.